The van der Waals surface area contributed by atoms with Crippen LogP contribution in [0.15, 0.2) is 16.7 Å². The molecule has 28 heavy (non-hydrogen) atoms. The lowest BCUT2D eigenvalue weighted by Crippen LogP contribution is -2.46. The zero-order valence-electron chi connectivity index (χ0n) is 17.6. The largest absolute Gasteiger partial charge is 0.360 e. The fourth-order valence-corrected chi connectivity index (χ4v) is 3.89. The van der Waals surface area contributed by atoms with Gasteiger partial charge in [0.2, 0.25) is 0 Å². The summed E-state index contributed by atoms with van der Waals surface area (Å²) < 4.78 is 7.13. The maximum Gasteiger partial charge on any atom is 0.253 e. The lowest BCUT2D eigenvalue weighted by atomic mass is 10.2. The van der Waals surface area contributed by atoms with Crippen molar-refractivity contribution in [2.75, 3.05) is 45.8 Å². The highest BCUT2D eigenvalue weighted by Crippen LogP contribution is 2.20. The van der Waals surface area contributed by atoms with Crippen LogP contribution in [0.4, 0.5) is 0 Å². The van der Waals surface area contributed by atoms with Crippen molar-refractivity contribution in [2.45, 2.75) is 40.5 Å². The maximum atomic E-state index is 12.6. The molecule has 0 saturated carbocycles. The van der Waals surface area contributed by atoms with Gasteiger partial charge in [-0.15, -0.1) is 0 Å². The topological polar surface area (TPSA) is 66.5 Å². The molecule has 1 fully saturated rings. The van der Waals surface area contributed by atoms with Gasteiger partial charge in [-0.2, -0.15) is 0 Å². The maximum absolute atomic E-state index is 12.6. The molecule has 0 aromatic carbocycles. The molecule has 0 spiro atoms. The number of amides is 1. The van der Waals surface area contributed by atoms with Gasteiger partial charge in [-0.25, -0.2) is 0 Å². The van der Waals surface area contributed by atoms with Crippen molar-refractivity contribution in [3.63, 3.8) is 0 Å². The van der Waals surface area contributed by atoms with Gasteiger partial charge < -0.3 is 19.6 Å². The molecule has 0 aliphatic carbocycles. The highest BCUT2D eigenvalue weighted by molar-refractivity contribution is 5.95. The minimum Gasteiger partial charge on any atom is -0.360 e. The summed E-state index contributed by atoms with van der Waals surface area (Å²) >= 11 is 0. The van der Waals surface area contributed by atoms with Crippen LogP contribution in [0, 0.1) is 20.8 Å². The fourth-order valence-electron chi connectivity index (χ4n) is 3.89. The van der Waals surface area contributed by atoms with Crippen molar-refractivity contribution in [1.29, 1.82) is 0 Å². The third-order valence-electron chi connectivity index (χ3n) is 5.62. The number of piperazine rings is 1. The number of aromatic nitrogens is 2. The Morgan fingerprint density at radius 1 is 1.11 bits per heavy atom. The number of carbonyl (C=O) groups excluding carboxylic acids is 1. The van der Waals surface area contributed by atoms with E-state index in [1.807, 2.05) is 37.5 Å². The number of aryl methyl sites for hydroxylation is 2. The molecule has 7 nitrogen and oxygen atoms in total. The van der Waals surface area contributed by atoms with Crippen LogP contribution in [0.1, 0.15) is 47.3 Å². The first kappa shape index (κ1) is 20.6. The molecule has 1 N–H and O–H groups in total. The van der Waals surface area contributed by atoms with Crippen molar-refractivity contribution in [2.24, 2.45) is 0 Å². The van der Waals surface area contributed by atoms with Crippen molar-refractivity contribution >= 4 is 5.91 Å². The van der Waals surface area contributed by atoms with Crippen LogP contribution in [-0.4, -0.2) is 71.2 Å². The Morgan fingerprint density at radius 3 is 2.46 bits per heavy atom. The van der Waals surface area contributed by atoms with Crippen molar-refractivity contribution in [3.05, 3.63) is 34.8 Å². The van der Waals surface area contributed by atoms with E-state index in [1.54, 1.807) is 0 Å². The Balaban J connectivity index is 1.44. The van der Waals surface area contributed by atoms with Gasteiger partial charge in [-0.1, -0.05) is 12.1 Å². The predicted molar refractivity (Wildman–Crippen MR) is 110 cm³/mol. The molecule has 3 heterocycles. The first-order valence-corrected chi connectivity index (χ1v) is 10.3. The molecule has 0 radical (unpaired) electrons. The second kappa shape index (κ2) is 9.39. The normalized spacial score (nSPS) is 15.9. The average molecular weight is 388 g/mol. The number of unbranched alkanes of at least 4 members (excludes halogenated alkanes) is 1. The molecule has 3 rings (SSSR count). The highest BCUT2D eigenvalue weighted by atomic mass is 16.5. The molecule has 2 aromatic rings. The van der Waals surface area contributed by atoms with Crippen molar-refractivity contribution in [3.8, 4) is 5.82 Å². The molecular weight excluding hydrogens is 354 g/mol. The SMILES string of the molecule is CCN1CCN(CCCCNC(=O)c2cc(C)n(-c3cc(C)on3)c2C)CC1. The lowest BCUT2D eigenvalue weighted by Gasteiger charge is -2.33. The van der Waals surface area contributed by atoms with E-state index in [2.05, 4.69) is 27.2 Å². The summed E-state index contributed by atoms with van der Waals surface area (Å²) in [5.41, 5.74) is 2.56. The average Bonchev–Trinajstić information content (AvgIpc) is 3.24. The Hall–Kier alpha value is -2.12. The molecule has 1 aliphatic rings. The van der Waals surface area contributed by atoms with Gasteiger partial charge in [0, 0.05) is 50.2 Å². The molecule has 1 amide bonds. The van der Waals surface area contributed by atoms with Crippen LogP contribution in [0.3, 0.4) is 0 Å². The van der Waals surface area contributed by atoms with Crippen molar-refractivity contribution in [1.82, 2.24) is 24.8 Å². The zero-order chi connectivity index (χ0) is 20.1. The number of hydrogen-bond acceptors (Lipinski definition) is 5. The summed E-state index contributed by atoms with van der Waals surface area (Å²) in [7, 11) is 0. The van der Waals surface area contributed by atoms with E-state index >= 15 is 0 Å². The first-order chi connectivity index (χ1) is 13.5. The smallest absolute Gasteiger partial charge is 0.253 e. The molecule has 1 saturated heterocycles. The summed E-state index contributed by atoms with van der Waals surface area (Å²) in [5, 5.41) is 7.14. The number of hydrogen-bond donors (Lipinski definition) is 1. The number of nitrogens with one attached hydrogen (secondary N) is 1. The molecule has 1 aliphatic heterocycles. The summed E-state index contributed by atoms with van der Waals surface area (Å²) in [6.45, 7) is 15.7. The quantitative estimate of drug-likeness (QED) is 0.705. The van der Waals surface area contributed by atoms with E-state index < -0.39 is 0 Å². The standard InChI is InChI=1S/C21H33N5O2/c1-5-24-10-12-25(13-11-24)9-7-6-8-22-21(27)19-14-16(2)26(18(19)4)20-15-17(3)28-23-20/h14-15H,5-13H2,1-4H3,(H,22,27). The van der Waals surface area contributed by atoms with Crippen LogP contribution in [0.25, 0.3) is 5.82 Å². The molecule has 0 bridgehead atoms. The van der Waals surface area contributed by atoms with Gasteiger partial charge in [-0.3, -0.25) is 9.36 Å². The Bertz CT molecular complexity index is 787. The highest BCUT2D eigenvalue weighted by Gasteiger charge is 2.18. The third kappa shape index (κ3) is 4.83. The first-order valence-electron chi connectivity index (χ1n) is 10.3. The second-order valence-electron chi connectivity index (χ2n) is 7.65. The molecular formula is C21H33N5O2. The van der Waals surface area contributed by atoms with Crippen LogP contribution >= 0.6 is 0 Å². The lowest BCUT2D eigenvalue weighted by molar-refractivity contribution is 0.0951. The van der Waals surface area contributed by atoms with Gasteiger partial charge in [0.15, 0.2) is 5.82 Å². The number of nitrogens with zero attached hydrogens (tertiary/aromatic N) is 4. The fraction of sp³-hybridized carbons (Fsp3) is 0.619. The van der Waals surface area contributed by atoms with Crippen LogP contribution in [0.2, 0.25) is 0 Å². The van der Waals surface area contributed by atoms with Crippen LogP contribution < -0.4 is 5.32 Å². The van der Waals surface area contributed by atoms with Crippen LogP contribution in [0.5, 0.6) is 0 Å². The predicted octanol–water partition coefficient (Wildman–Crippen LogP) is 2.54. The summed E-state index contributed by atoms with van der Waals surface area (Å²) in [6.07, 6.45) is 2.12. The molecule has 2 aromatic heterocycles. The zero-order valence-corrected chi connectivity index (χ0v) is 17.6. The van der Waals surface area contributed by atoms with Crippen LogP contribution in [-0.2, 0) is 0 Å². The van der Waals surface area contributed by atoms with Gasteiger partial charge >= 0.3 is 0 Å². The Morgan fingerprint density at radius 2 is 1.82 bits per heavy atom. The Labute approximate surface area is 167 Å². The Kier molecular flexibility index (Phi) is 6.91. The minimum absolute atomic E-state index is 0.0175. The van der Waals surface area contributed by atoms with E-state index in [4.69, 9.17) is 4.52 Å². The van der Waals surface area contributed by atoms with E-state index in [0.29, 0.717) is 12.1 Å². The van der Waals surface area contributed by atoms with Gasteiger partial charge in [0.05, 0.1) is 5.56 Å². The minimum atomic E-state index is -0.0175. The third-order valence-corrected chi connectivity index (χ3v) is 5.62. The van der Waals surface area contributed by atoms with Gasteiger partial charge in [-0.05, 0) is 52.8 Å². The molecule has 0 unspecified atom stereocenters. The van der Waals surface area contributed by atoms with Gasteiger partial charge in [0.1, 0.15) is 5.76 Å². The monoisotopic (exact) mass is 387 g/mol. The summed E-state index contributed by atoms with van der Waals surface area (Å²) in [4.78, 5) is 17.6. The van der Waals surface area contributed by atoms with E-state index in [0.717, 1.165) is 62.0 Å². The number of likely N-dealkylation sites (N-methyl/N-ethyl adjacent to an activating group) is 1. The molecule has 154 valence electrons. The molecule has 0 atom stereocenters. The summed E-state index contributed by atoms with van der Waals surface area (Å²) in [5.74, 6) is 1.45. The second-order valence-corrected chi connectivity index (χ2v) is 7.65. The van der Waals surface area contributed by atoms with Gasteiger partial charge in [0.25, 0.3) is 5.91 Å². The van der Waals surface area contributed by atoms with Crippen molar-refractivity contribution < 1.29 is 9.32 Å². The van der Waals surface area contributed by atoms with E-state index in [1.165, 1.54) is 13.1 Å². The number of carbonyl (C=O) groups is 1. The molecule has 7 heteroatoms. The van der Waals surface area contributed by atoms with E-state index in [9.17, 15) is 4.79 Å². The summed E-state index contributed by atoms with van der Waals surface area (Å²) in [6, 6.07) is 3.80. The number of rotatable bonds is 8. The van der Waals surface area contributed by atoms with E-state index in [-0.39, 0.29) is 5.91 Å².